The van der Waals surface area contributed by atoms with E-state index in [1.807, 2.05) is 18.2 Å². The fourth-order valence-corrected chi connectivity index (χ4v) is 3.44. The van der Waals surface area contributed by atoms with Crippen molar-refractivity contribution in [1.29, 1.82) is 0 Å². The molecule has 0 unspecified atom stereocenters. The maximum Gasteiger partial charge on any atom is 0.228 e. The average molecular weight is 366 g/mol. The molecule has 2 aromatic carbocycles. The van der Waals surface area contributed by atoms with Gasteiger partial charge in [0.25, 0.3) is 0 Å². The number of benzene rings is 2. The van der Waals surface area contributed by atoms with Gasteiger partial charge in [0.05, 0.1) is 7.11 Å². The van der Waals surface area contributed by atoms with Gasteiger partial charge in [-0.05, 0) is 49.1 Å². The number of ether oxygens (including phenoxy) is 1. The van der Waals surface area contributed by atoms with E-state index in [0.29, 0.717) is 6.54 Å². The normalized spacial score (nSPS) is 14.4. The smallest absolute Gasteiger partial charge is 0.228 e. The average Bonchev–Trinajstić information content (AvgIpc) is 2.73. The number of nitrogens with one attached hydrogen (secondary N) is 1. The van der Waals surface area contributed by atoms with Crippen molar-refractivity contribution < 1.29 is 9.13 Å². The predicted octanol–water partition coefficient (Wildman–Crippen LogP) is 4.38. The van der Waals surface area contributed by atoms with Crippen LogP contribution >= 0.6 is 0 Å². The first kappa shape index (κ1) is 17.5. The maximum atomic E-state index is 13.1. The molecule has 4 rings (SSSR count). The molecule has 6 heteroatoms. The number of piperidine rings is 1. The van der Waals surface area contributed by atoms with Crippen molar-refractivity contribution >= 4 is 22.7 Å². The van der Waals surface area contributed by atoms with Gasteiger partial charge in [-0.1, -0.05) is 18.2 Å². The first-order chi connectivity index (χ1) is 13.2. The predicted molar refractivity (Wildman–Crippen MR) is 106 cm³/mol. The van der Waals surface area contributed by atoms with Crippen molar-refractivity contribution in [2.45, 2.75) is 25.8 Å². The summed E-state index contributed by atoms with van der Waals surface area (Å²) in [6, 6.07) is 12.3. The second-order valence-corrected chi connectivity index (χ2v) is 6.76. The Morgan fingerprint density at radius 3 is 2.56 bits per heavy atom. The third-order valence-corrected chi connectivity index (χ3v) is 4.91. The molecule has 0 bridgehead atoms. The number of fused-ring (bicyclic) bond motifs is 1. The van der Waals surface area contributed by atoms with Crippen LogP contribution in [0.1, 0.15) is 24.8 Å². The molecule has 1 fully saturated rings. The lowest BCUT2D eigenvalue weighted by Gasteiger charge is -2.27. The topological polar surface area (TPSA) is 50.3 Å². The number of methoxy groups -OCH3 is 1. The van der Waals surface area contributed by atoms with Crippen LogP contribution in [0.2, 0.25) is 0 Å². The van der Waals surface area contributed by atoms with Gasteiger partial charge in [-0.25, -0.2) is 9.37 Å². The molecule has 0 amide bonds. The van der Waals surface area contributed by atoms with Crippen LogP contribution in [0.4, 0.5) is 16.2 Å². The summed E-state index contributed by atoms with van der Waals surface area (Å²) in [5.74, 6) is 2.00. The number of halogens is 1. The minimum absolute atomic E-state index is 0.233. The van der Waals surface area contributed by atoms with E-state index < -0.39 is 0 Å². The lowest BCUT2D eigenvalue weighted by Crippen LogP contribution is -2.31. The minimum Gasteiger partial charge on any atom is -0.494 e. The minimum atomic E-state index is -0.233. The van der Waals surface area contributed by atoms with Crippen LogP contribution in [0, 0.1) is 5.82 Å². The molecule has 27 heavy (non-hydrogen) atoms. The molecule has 2 heterocycles. The number of aromatic nitrogens is 2. The van der Waals surface area contributed by atoms with Gasteiger partial charge in [0.2, 0.25) is 5.95 Å². The summed E-state index contributed by atoms with van der Waals surface area (Å²) < 4.78 is 18.7. The zero-order chi connectivity index (χ0) is 18.6. The van der Waals surface area contributed by atoms with Gasteiger partial charge in [-0.2, -0.15) is 4.98 Å². The highest BCUT2D eigenvalue weighted by atomic mass is 19.1. The van der Waals surface area contributed by atoms with Gasteiger partial charge in [0.1, 0.15) is 22.9 Å². The van der Waals surface area contributed by atoms with Gasteiger partial charge in [-0.3, -0.25) is 0 Å². The summed E-state index contributed by atoms with van der Waals surface area (Å²) >= 11 is 0. The van der Waals surface area contributed by atoms with Gasteiger partial charge < -0.3 is 15.0 Å². The van der Waals surface area contributed by atoms with Crippen LogP contribution in [0.15, 0.2) is 42.5 Å². The van der Waals surface area contributed by atoms with E-state index in [1.54, 1.807) is 19.2 Å². The van der Waals surface area contributed by atoms with E-state index in [-0.39, 0.29) is 5.82 Å². The molecule has 1 aliphatic rings. The van der Waals surface area contributed by atoms with Crippen LogP contribution in [-0.4, -0.2) is 30.2 Å². The summed E-state index contributed by atoms with van der Waals surface area (Å²) in [4.78, 5) is 11.8. The van der Waals surface area contributed by atoms with Gasteiger partial charge in [0.15, 0.2) is 0 Å². The van der Waals surface area contributed by atoms with Gasteiger partial charge in [-0.15, -0.1) is 0 Å². The lowest BCUT2D eigenvalue weighted by molar-refractivity contribution is 0.419. The number of hydrogen-bond acceptors (Lipinski definition) is 5. The number of anilines is 2. The highest BCUT2D eigenvalue weighted by molar-refractivity contribution is 5.94. The molecule has 0 aliphatic carbocycles. The molecule has 0 atom stereocenters. The maximum absolute atomic E-state index is 13.1. The first-order valence-corrected chi connectivity index (χ1v) is 9.32. The third-order valence-electron chi connectivity index (χ3n) is 4.91. The van der Waals surface area contributed by atoms with E-state index in [1.165, 1.54) is 18.6 Å². The van der Waals surface area contributed by atoms with Crippen LogP contribution in [-0.2, 0) is 6.54 Å². The second-order valence-electron chi connectivity index (χ2n) is 6.76. The van der Waals surface area contributed by atoms with E-state index in [9.17, 15) is 4.39 Å². The number of rotatable bonds is 5. The second kappa shape index (κ2) is 7.78. The lowest BCUT2D eigenvalue weighted by atomic mass is 10.1. The molecule has 0 radical (unpaired) electrons. The van der Waals surface area contributed by atoms with Gasteiger partial charge >= 0.3 is 0 Å². The summed E-state index contributed by atoms with van der Waals surface area (Å²) in [6.45, 7) is 2.50. The van der Waals surface area contributed by atoms with E-state index in [2.05, 4.69) is 10.2 Å². The monoisotopic (exact) mass is 366 g/mol. The largest absolute Gasteiger partial charge is 0.494 e. The molecule has 0 spiro atoms. The Labute approximate surface area is 158 Å². The summed E-state index contributed by atoms with van der Waals surface area (Å²) in [5, 5.41) is 4.31. The molecule has 3 aromatic rings. The van der Waals surface area contributed by atoms with Crippen LogP contribution in [0.5, 0.6) is 5.75 Å². The fourth-order valence-electron chi connectivity index (χ4n) is 3.44. The molecule has 1 saturated heterocycles. The fraction of sp³-hybridized carbons (Fsp3) is 0.333. The number of hydrogen-bond donors (Lipinski definition) is 1. The Hall–Kier alpha value is -2.89. The Morgan fingerprint density at radius 2 is 1.81 bits per heavy atom. The molecular weight excluding hydrogens is 343 g/mol. The van der Waals surface area contributed by atoms with E-state index in [0.717, 1.165) is 59.9 Å². The van der Waals surface area contributed by atoms with Crippen molar-refractivity contribution in [1.82, 2.24) is 9.97 Å². The molecule has 1 aliphatic heterocycles. The standard InChI is InChI=1S/C21H23FN4O/c1-27-18-7-5-6-17-19(18)24-21(26-12-3-2-4-13-26)25-20(17)23-14-15-8-10-16(22)11-9-15/h5-11H,2-4,12-14H2,1H3,(H,23,24,25). The quantitative estimate of drug-likeness (QED) is 0.726. The molecule has 1 aromatic heterocycles. The Morgan fingerprint density at radius 1 is 1.04 bits per heavy atom. The zero-order valence-corrected chi connectivity index (χ0v) is 15.4. The molecule has 0 saturated carbocycles. The van der Waals surface area contributed by atoms with Crippen LogP contribution in [0.25, 0.3) is 10.9 Å². The van der Waals surface area contributed by atoms with Crippen molar-refractivity contribution in [3.05, 3.63) is 53.8 Å². The van der Waals surface area contributed by atoms with Crippen molar-refractivity contribution in [3.8, 4) is 5.75 Å². The SMILES string of the molecule is COc1cccc2c(NCc3ccc(F)cc3)nc(N3CCCCC3)nc12. The first-order valence-electron chi connectivity index (χ1n) is 9.32. The summed E-state index contributed by atoms with van der Waals surface area (Å²) in [6.07, 6.45) is 3.57. The Kier molecular flexibility index (Phi) is 5.05. The molecule has 5 nitrogen and oxygen atoms in total. The molecular formula is C21H23FN4O. The van der Waals surface area contributed by atoms with Crippen LogP contribution < -0.4 is 15.0 Å². The number of para-hydroxylation sites is 1. The van der Waals surface area contributed by atoms with Gasteiger partial charge in [0, 0.05) is 25.0 Å². The zero-order valence-electron chi connectivity index (χ0n) is 15.4. The third kappa shape index (κ3) is 3.79. The van der Waals surface area contributed by atoms with Crippen LogP contribution in [0.3, 0.4) is 0 Å². The molecule has 140 valence electrons. The van der Waals surface area contributed by atoms with Crippen molar-refractivity contribution in [2.75, 3.05) is 30.4 Å². The Bertz CT molecular complexity index is 923. The number of nitrogens with zero attached hydrogens (tertiary/aromatic N) is 3. The highest BCUT2D eigenvalue weighted by Gasteiger charge is 2.18. The van der Waals surface area contributed by atoms with Crippen molar-refractivity contribution in [2.24, 2.45) is 0 Å². The molecule has 1 N–H and O–H groups in total. The summed E-state index contributed by atoms with van der Waals surface area (Å²) in [5.41, 5.74) is 1.79. The summed E-state index contributed by atoms with van der Waals surface area (Å²) in [7, 11) is 1.66. The Balaban J connectivity index is 1.71. The van der Waals surface area contributed by atoms with E-state index >= 15 is 0 Å². The van der Waals surface area contributed by atoms with E-state index in [4.69, 9.17) is 14.7 Å². The highest BCUT2D eigenvalue weighted by Crippen LogP contribution is 2.31. The van der Waals surface area contributed by atoms with Crippen molar-refractivity contribution in [3.63, 3.8) is 0 Å².